The van der Waals surface area contributed by atoms with Gasteiger partial charge in [0.2, 0.25) is 0 Å². The Bertz CT molecular complexity index is 570. The molecule has 0 nitrogen and oxygen atoms in total. The molecule has 1 heterocycles. The highest BCUT2D eigenvalue weighted by Crippen LogP contribution is 2.38. The maximum atomic E-state index is 13.9. The molecule has 0 spiro atoms. The van der Waals surface area contributed by atoms with Crippen LogP contribution in [0.15, 0.2) is 18.2 Å². The van der Waals surface area contributed by atoms with Crippen molar-refractivity contribution in [3.8, 4) is 0 Å². The molecule has 1 atom stereocenters. The molecular weight excluding hydrogens is 318 g/mol. The topological polar surface area (TPSA) is 0 Å². The van der Waals surface area contributed by atoms with Crippen LogP contribution in [0, 0.1) is 32.4 Å². The first-order chi connectivity index (χ1) is 8.40. The highest BCUT2D eigenvalue weighted by atomic mass is 79.9. The van der Waals surface area contributed by atoms with Gasteiger partial charge in [-0.1, -0.05) is 15.9 Å². The van der Waals surface area contributed by atoms with Gasteiger partial charge in [0.05, 0.1) is 4.83 Å². The molecule has 2 aromatic rings. The molecule has 18 heavy (non-hydrogen) atoms. The molecule has 0 N–H and O–H groups in total. The van der Waals surface area contributed by atoms with Gasteiger partial charge in [-0.25, -0.2) is 8.78 Å². The highest BCUT2D eigenvalue weighted by molar-refractivity contribution is 9.09. The lowest BCUT2D eigenvalue weighted by atomic mass is 10.1. The fourth-order valence-electron chi connectivity index (χ4n) is 1.74. The zero-order valence-corrected chi connectivity index (χ0v) is 12.8. The van der Waals surface area contributed by atoms with E-state index >= 15 is 0 Å². The molecule has 1 aromatic heterocycles. The lowest BCUT2D eigenvalue weighted by Gasteiger charge is -2.10. The molecule has 0 amide bonds. The van der Waals surface area contributed by atoms with Crippen molar-refractivity contribution in [2.24, 2.45) is 0 Å². The summed E-state index contributed by atoms with van der Waals surface area (Å²) in [6.45, 7) is 5.60. The van der Waals surface area contributed by atoms with Crippen LogP contribution in [0.1, 0.15) is 31.3 Å². The van der Waals surface area contributed by atoms with E-state index in [2.05, 4.69) is 15.9 Å². The van der Waals surface area contributed by atoms with Gasteiger partial charge in [0.15, 0.2) is 0 Å². The third-order valence-electron chi connectivity index (χ3n) is 2.99. The van der Waals surface area contributed by atoms with Gasteiger partial charge in [0.25, 0.3) is 0 Å². The molecule has 0 bridgehead atoms. The second kappa shape index (κ2) is 5.10. The number of halogens is 3. The molecule has 96 valence electrons. The van der Waals surface area contributed by atoms with Gasteiger partial charge in [-0.15, -0.1) is 11.3 Å². The average molecular weight is 331 g/mol. The first-order valence-corrected chi connectivity index (χ1v) is 7.30. The summed E-state index contributed by atoms with van der Waals surface area (Å²) in [5.74, 6) is -0.750. The normalized spacial score (nSPS) is 12.8. The van der Waals surface area contributed by atoms with Crippen molar-refractivity contribution in [3.63, 3.8) is 0 Å². The van der Waals surface area contributed by atoms with E-state index in [1.807, 2.05) is 19.9 Å². The maximum absolute atomic E-state index is 13.9. The average Bonchev–Trinajstić information content (AvgIpc) is 2.63. The van der Waals surface area contributed by atoms with E-state index in [1.54, 1.807) is 18.3 Å². The molecule has 1 aromatic carbocycles. The first kappa shape index (κ1) is 13.7. The Kier molecular flexibility index (Phi) is 3.87. The Labute approximate surface area is 118 Å². The zero-order chi connectivity index (χ0) is 13.4. The number of hydrogen-bond donors (Lipinski definition) is 0. The lowest BCUT2D eigenvalue weighted by Crippen LogP contribution is -1.97. The number of aryl methyl sites for hydroxylation is 3. The predicted octanol–water partition coefficient (Wildman–Crippen LogP) is 5.44. The summed E-state index contributed by atoms with van der Waals surface area (Å²) in [6.07, 6.45) is 0. The summed E-state index contributed by atoms with van der Waals surface area (Å²) in [5.41, 5.74) is 1.85. The van der Waals surface area contributed by atoms with E-state index in [1.165, 1.54) is 22.6 Å². The van der Waals surface area contributed by atoms with Gasteiger partial charge in [0.1, 0.15) is 11.6 Å². The SMILES string of the molecule is Cc1cc(F)c(C(Br)c2cc(C)c(C)s2)cc1F. The van der Waals surface area contributed by atoms with Gasteiger partial charge in [-0.05, 0) is 50.1 Å². The molecule has 0 aliphatic rings. The molecule has 0 saturated heterocycles. The second-order valence-corrected chi connectivity index (χ2v) is 6.58. The molecule has 4 heteroatoms. The quantitative estimate of drug-likeness (QED) is 0.643. The number of benzene rings is 1. The summed E-state index contributed by atoms with van der Waals surface area (Å²) in [6, 6.07) is 4.53. The van der Waals surface area contributed by atoms with Crippen LogP contribution >= 0.6 is 27.3 Å². The summed E-state index contributed by atoms with van der Waals surface area (Å²) in [4.78, 5) is 1.89. The largest absolute Gasteiger partial charge is 0.207 e. The monoisotopic (exact) mass is 330 g/mol. The van der Waals surface area contributed by atoms with Crippen LogP contribution < -0.4 is 0 Å². The smallest absolute Gasteiger partial charge is 0.128 e. The van der Waals surface area contributed by atoms with Crippen molar-refractivity contribution in [1.82, 2.24) is 0 Å². The second-order valence-electron chi connectivity index (χ2n) is 4.37. The summed E-state index contributed by atoms with van der Waals surface area (Å²) < 4.78 is 27.4. The van der Waals surface area contributed by atoms with Crippen LogP contribution in [0.25, 0.3) is 0 Å². The van der Waals surface area contributed by atoms with Crippen LogP contribution in [0.3, 0.4) is 0 Å². The van der Waals surface area contributed by atoms with Gasteiger partial charge in [-0.2, -0.15) is 0 Å². The number of alkyl halides is 1. The van der Waals surface area contributed by atoms with Crippen molar-refractivity contribution in [1.29, 1.82) is 0 Å². The zero-order valence-electron chi connectivity index (χ0n) is 10.4. The Hall–Kier alpha value is -0.740. The van der Waals surface area contributed by atoms with E-state index in [4.69, 9.17) is 0 Å². The molecule has 0 saturated carbocycles. The van der Waals surface area contributed by atoms with Crippen LogP contribution in [0.2, 0.25) is 0 Å². The number of thiophene rings is 1. The standard InChI is InChI=1S/C14H13BrF2S/c1-7-5-13(18-9(7)3)14(15)10-6-11(16)8(2)4-12(10)17/h4-6,14H,1-3H3. The van der Waals surface area contributed by atoms with Gasteiger partial charge < -0.3 is 0 Å². The maximum Gasteiger partial charge on any atom is 0.128 e. The Balaban J connectivity index is 2.45. The lowest BCUT2D eigenvalue weighted by molar-refractivity contribution is 0.581. The van der Waals surface area contributed by atoms with Crippen LogP contribution in [0.5, 0.6) is 0 Å². The number of rotatable bonds is 2. The van der Waals surface area contributed by atoms with Crippen molar-refractivity contribution in [2.45, 2.75) is 25.6 Å². The van der Waals surface area contributed by atoms with Gasteiger partial charge >= 0.3 is 0 Å². The summed E-state index contributed by atoms with van der Waals surface area (Å²) in [7, 11) is 0. The van der Waals surface area contributed by atoms with E-state index < -0.39 is 0 Å². The Morgan fingerprint density at radius 3 is 2.22 bits per heavy atom. The third-order valence-corrected chi connectivity index (χ3v) is 5.49. The first-order valence-electron chi connectivity index (χ1n) is 5.56. The molecule has 0 radical (unpaired) electrons. The van der Waals surface area contributed by atoms with E-state index in [0.29, 0.717) is 11.1 Å². The fourth-order valence-corrected chi connectivity index (χ4v) is 3.54. The fraction of sp³-hybridized carbons (Fsp3) is 0.286. The van der Waals surface area contributed by atoms with Gasteiger partial charge in [-0.3, -0.25) is 0 Å². The van der Waals surface area contributed by atoms with Crippen LogP contribution in [-0.2, 0) is 0 Å². The summed E-state index contributed by atoms with van der Waals surface area (Å²) >= 11 is 5.05. The van der Waals surface area contributed by atoms with Crippen LogP contribution in [0.4, 0.5) is 8.78 Å². The minimum atomic E-state index is -0.375. The van der Waals surface area contributed by atoms with Crippen molar-refractivity contribution >= 4 is 27.3 Å². The molecule has 0 aliphatic carbocycles. The molecule has 0 aliphatic heterocycles. The molecule has 2 rings (SSSR count). The third kappa shape index (κ3) is 2.50. The highest BCUT2D eigenvalue weighted by Gasteiger charge is 2.19. The van der Waals surface area contributed by atoms with E-state index in [-0.39, 0.29) is 16.5 Å². The van der Waals surface area contributed by atoms with Crippen molar-refractivity contribution < 1.29 is 8.78 Å². The van der Waals surface area contributed by atoms with E-state index in [9.17, 15) is 8.78 Å². The van der Waals surface area contributed by atoms with Crippen LogP contribution in [-0.4, -0.2) is 0 Å². The molecular formula is C14H13BrF2S. The Morgan fingerprint density at radius 1 is 1.00 bits per heavy atom. The van der Waals surface area contributed by atoms with Crippen molar-refractivity contribution in [3.05, 3.63) is 56.3 Å². The van der Waals surface area contributed by atoms with Crippen molar-refractivity contribution in [2.75, 3.05) is 0 Å². The number of hydrogen-bond acceptors (Lipinski definition) is 1. The molecule has 1 unspecified atom stereocenters. The summed E-state index contributed by atoms with van der Waals surface area (Å²) in [5, 5.41) is 0. The minimum Gasteiger partial charge on any atom is -0.207 e. The Morgan fingerprint density at radius 2 is 1.67 bits per heavy atom. The predicted molar refractivity (Wildman–Crippen MR) is 75.7 cm³/mol. The minimum absolute atomic E-state index is 0.301. The molecule has 0 fully saturated rings. The van der Waals surface area contributed by atoms with E-state index in [0.717, 1.165) is 4.88 Å². The van der Waals surface area contributed by atoms with Gasteiger partial charge in [0, 0.05) is 15.3 Å².